The van der Waals surface area contributed by atoms with Crippen molar-refractivity contribution in [1.29, 1.82) is 0 Å². The highest BCUT2D eigenvalue weighted by Gasteiger charge is 2.56. The molecule has 1 aliphatic heterocycles. The first-order valence-corrected chi connectivity index (χ1v) is 10.5. The third kappa shape index (κ3) is 4.29. The summed E-state index contributed by atoms with van der Waals surface area (Å²) in [6, 6.07) is 13.9. The molecule has 0 spiro atoms. The Morgan fingerprint density at radius 2 is 1.34 bits per heavy atom. The lowest BCUT2D eigenvalue weighted by atomic mass is 10.0. The van der Waals surface area contributed by atoms with E-state index in [9.17, 15) is 9.59 Å². The molecule has 0 unspecified atom stereocenters. The molecule has 2 aromatic rings. The number of piperidine rings is 1. The fraction of sp³-hybridized carbons (Fsp3) is 0.417. The van der Waals surface area contributed by atoms with Crippen molar-refractivity contribution >= 4 is 28.9 Å². The van der Waals surface area contributed by atoms with Gasteiger partial charge in [-0.2, -0.15) is 0 Å². The molecule has 1 aliphatic carbocycles. The molecule has 2 aliphatic rings. The number of hydrogen-bond donors (Lipinski definition) is 2. The number of hydrogen-bond acceptors (Lipinski definition) is 3. The smallest absolute Gasteiger partial charge is 0.240 e. The van der Waals surface area contributed by atoms with Crippen molar-refractivity contribution in [1.82, 2.24) is 0 Å². The lowest BCUT2D eigenvalue weighted by Gasteiger charge is -2.28. The van der Waals surface area contributed by atoms with E-state index in [0.29, 0.717) is 12.8 Å². The zero-order valence-corrected chi connectivity index (χ0v) is 17.3. The van der Waals surface area contributed by atoms with Crippen LogP contribution in [0.2, 0.25) is 0 Å². The summed E-state index contributed by atoms with van der Waals surface area (Å²) in [6.07, 6.45) is 4.94. The van der Waals surface area contributed by atoms with Gasteiger partial charge in [0.1, 0.15) is 5.41 Å². The SMILES string of the molecule is Cc1cc(C)cc(NC(=O)C2(C(=O)Nc3ccc(N4CCCCC4)cc3)CC2)c1. The molecule has 1 heterocycles. The summed E-state index contributed by atoms with van der Waals surface area (Å²) in [7, 11) is 0. The second kappa shape index (κ2) is 7.90. The first-order chi connectivity index (χ1) is 14.0. The number of nitrogens with one attached hydrogen (secondary N) is 2. The van der Waals surface area contributed by atoms with Gasteiger partial charge < -0.3 is 15.5 Å². The number of carbonyl (C=O) groups excluding carboxylic acids is 2. The number of nitrogens with zero attached hydrogens (tertiary/aromatic N) is 1. The minimum Gasteiger partial charge on any atom is -0.372 e. The average molecular weight is 392 g/mol. The highest BCUT2D eigenvalue weighted by Crippen LogP contribution is 2.47. The third-order valence-electron chi connectivity index (χ3n) is 5.95. The van der Waals surface area contributed by atoms with E-state index >= 15 is 0 Å². The molecule has 4 rings (SSSR count). The molecule has 2 fully saturated rings. The summed E-state index contributed by atoms with van der Waals surface area (Å²) < 4.78 is 0. The summed E-state index contributed by atoms with van der Waals surface area (Å²) in [4.78, 5) is 28.1. The van der Waals surface area contributed by atoms with E-state index in [0.717, 1.165) is 35.6 Å². The summed E-state index contributed by atoms with van der Waals surface area (Å²) in [5, 5.41) is 5.88. The van der Waals surface area contributed by atoms with Gasteiger partial charge in [0.15, 0.2) is 0 Å². The van der Waals surface area contributed by atoms with Crippen LogP contribution in [-0.2, 0) is 9.59 Å². The standard InChI is InChI=1S/C24H29N3O2/c1-17-14-18(2)16-20(15-17)26-23(29)24(10-11-24)22(28)25-19-6-8-21(9-7-19)27-12-4-3-5-13-27/h6-9,14-16H,3-5,10-13H2,1-2H3,(H,25,28)(H,26,29). The number of anilines is 3. The first kappa shape index (κ1) is 19.5. The van der Waals surface area contributed by atoms with Crippen LogP contribution < -0.4 is 15.5 Å². The molecular weight excluding hydrogens is 362 g/mol. The van der Waals surface area contributed by atoms with Gasteiger partial charge in [-0.15, -0.1) is 0 Å². The summed E-state index contributed by atoms with van der Waals surface area (Å²) >= 11 is 0. The van der Waals surface area contributed by atoms with Crippen molar-refractivity contribution in [3.63, 3.8) is 0 Å². The highest BCUT2D eigenvalue weighted by atomic mass is 16.2. The Morgan fingerprint density at radius 1 is 0.793 bits per heavy atom. The van der Waals surface area contributed by atoms with Gasteiger partial charge in [0.2, 0.25) is 11.8 Å². The van der Waals surface area contributed by atoms with E-state index in [1.165, 1.54) is 24.9 Å². The Morgan fingerprint density at radius 3 is 1.90 bits per heavy atom. The lowest BCUT2D eigenvalue weighted by Crippen LogP contribution is -2.35. The van der Waals surface area contributed by atoms with Crippen LogP contribution in [0.25, 0.3) is 0 Å². The summed E-state index contributed by atoms with van der Waals surface area (Å²) in [5.41, 5.74) is 3.89. The maximum Gasteiger partial charge on any atom is 0.240 e. The van der Waals surface area contributed by atoms with E-state index in [2.05, 4.69) is 33.7 Å². The summed E-state index contributed by atoms with van der Waals surface area (Å²) in [6.45, 7) is 6.17. The van der Waals surface area contributed by atoms with Crippen LogP contribution in [0, 0.1) is 19.3 Å². The largest absolute Gasteiger partial charge is 0.372 e. The van der Waals surface area contributed by atoms with Gasteiger partial charge in [-0.1, -0.05) is 6.07 Å². The molecule has 1 saturated carbocycles. The molecule has 152 valence electrons. The molecule has 29 heavy (non-hydrogen) atoms. The molecule has 0 atom stereocenters. The maximum atomic E-state index is 12.9. The number of benzene rings is 2. The van der Waals surface area contributed by atoms with Crippen molar-refractivity contribution in [2.75, 3.05) is 28.6 Å². The highest BCUT2D eigenvalue weighted by molar-refractivity contribution is 6.16. The molecule has 2 N–H and O–H groups in total. The van der Waals surface area contributed by atoms with Crippen molar-refractivity contribution < 1.29 is 9.59 Å². The van der Waals surface area contributed by atoms with Crippen LogP contribution in [0.5, 0.6) is 0 Å². The zero-order chi connectivity index (χ0) is 20.4. The van der Waals surface area contributed by atoms with Crippen LogP contribution in [0.15, 0.2) is 42.5 Å². The number of aryl methyl sites for hydroxylation is 2. The van der Waals surface area contributed by atoms with E-state index in [1.54, 1.807) is 0 Å². The Balaban J connectivity index is 1.40. The molecule has 5 nitrogen and oxygen atoms in total. The minimum absolute atomic E-state index is 0.218. The molecule has 0 aromatic heterocycles. The summed E-state index contributed by atoms with van der Waals surface area (Å²) in [5.74, 6) is -0.435. The van der Waals surface area contributed by atoms with E-state index in [4.69, 9.17) is 0 Å². The van der Waals surface area contributed by atoms with Crippen molar-refractivity contribution in [2.24, 2.45) is 5.41 Å². The van der Waals surface area contributed by atoms with Gasteiger partial charge in [0.05, 0.1) is 0 Å². The molecule has 1 saturated heterocycles. The average Bonchev–Trinajstić information content (AvgIpc) is 3.51. The predicted octanol–water partition coefficient (Wildman–Crippen LogP) is 4.65. The van der Waals surface area contributed by atoms with Crippen LogP contribution >= 0.6 is 0 Å². The van der Waals surface area contributed by atoms with E-state index in [-0.39, 0.29) is 11.8 Å². The Kier molecular flexibility index (Phi) is 5.31. The second-order valence-corrected chi connectivity index (χ2v) is 8.46. The van der Waals surface area contributed by atoms with Crippen LogP contribution in [0.4, 0.5) is 17.1 Å². The van der Waals surface area contributed by atoms with Crippen molar-refractivity contribution in [2.45, 2.75) is 46.0 Å². The van der Waals surface area contributed by atoms with Gasteiger partial charge in [0, 0.05) is 30.2 Å². The van der Waals surface area contributed by atoms with Gasteiger partial charge in [-0.25, -0.2) is 0 Å². The Labute approximate surface area is 172 Å². The Bertz CT molecular complexity index is 890. The quantitative estimate of drug-likeness (QED) is 0.729. The molecule has 0 radical (unpaired) electrons. The first-order valence-electron chi connectivity index (χ1n) is 10.5. The molecule has 0 bridgehead atoms. The third-order valence-corrected chi connectivity index (χ3v) is 5.95. The van der Waals surface area contributed by atoms with Crippen molar-refractivity contribution in [3.8, 4) is 0 Å². The molecular formula is C24H29N3O2. The Hall–Kier alpha value is -2.82. The van der Waals surface area contributed by atoms with Crippen LogP contribution in [0.1, 0.15) is 43.2 Å². The van der Waals surface area contributed by atoms with Gasteiger partial charge in [0.25, 0.3) is 0 Å². The van der Waals surface area contributed by atoms with Crippen LogP contribution in [0.3, 0.4) is 0 Å². The van der Waals surface area contributed by atoms with E-state index < -0.39 is 5.41 Å². The normalized spacial score (nSPS) is 17.5. The minimum atomic E-state index is -0.955. The number of rotatable bonds is 5. The topological polar surface area (TPSA) is 61.4 Å². The fourth-order valence-electron chi connectivity index (χ4n) is 4.14. The van der Waals surface area contributed by atoms with Crippen molar-refractivity contribution in [3.05, 3.63) is 53.6 Å². The molecule has 2 aromatic carbocycles. The zero-order valence-electron chi connectivity index (χ0n) is 17.3. The van der Waals surface area contributed by atoms with E-state index in [1.807, 2.05) is 38.1 Å². The second-order valence-electron chi connectivity index (χ2n) is 8.46. The fourth-order valence-corrected chi connectivity index (χ4v) is 4.14. The molecule has 2 amide bonds. The predicted molar refractivity (Wildman–Crippen MR) is 117 cm³/mol. The van der Waals surface area contributed by atoms with Gasteiger partial charge >= 0.3 is 0 Å². The monoisotopic (exact) mass is 391 g/mol. The molecule has 5 heteroatoms. The number of carbonyl (C=O) groups is 2. The lowest BCUT2D eigenvalue weighted by molar-refractivity contribution is -0.131. The van der Waals surface area contributed by atoms with Gasteiger partial charge in [-0.3, -0.25) is 9.59 Å². The van der Waals surface area contributed by atoms with Gasteiger partial charge in [-0.05, 0) is 93.5 Å². The number of amides is 2. The van der Waals surface area contributed by atoms with Crippen LogP contribution in [-0.4, -0.2) is 24.9 Å². The maximum absolute atomic E-state index is 12.9.